The Morgan fingerprint density at radius 2 is 2.04 bits per heavy atom. The molecule has 0 radical (unpaired) electrons. The minimum absolute atomic E-state index is 0.0355. The summed E-state index contributed by atoms with van der Waals surface area (Å²) in [6.45, 7) is 3.09. The van der Waals surface area contributed by atoms with E-state index in [0.29, 0.717) is 23.9 Å². The first-order valence-corrected chi connectivity index (χ1v) is 11.3. The van der Waals surface area contributed by atoms with E-state index in [1.807, 2.05) is 36.7 Å². The predicted octanol–water partition coefficient (Wildman–Crippen LogP) is 3.90. The van der Waals surface area contributed by atoms with Gasteiger partial charge >= 0.3 is 6.03 Å². The monoisotopic (exact) mass is 394 g/mol. The van der Waals surface area contributed by atoms with Crippen molar-refractivity contribution in [3.8, 4) is 0 Å². The summed E-state index contributed by atoms with van der Waals surface area (Å²) < 4.78 is 0. The van der Waals surface area contributed by atoms with Crippen molar-refractivity contribution in [2.24, 2.45) is 5.92 Å². The number of hydrogen-bond donors (Lipinski definition) is 1. The number of nitrogens with zero attached hydrogens (tertiary/aromatic N) is 3. The molecule has 28 heavy (non-hydrogen) atoms. The van der Waals surface area contributed by atoms with Gasteiger partial charge in [0, 0.05) is 41.5 Å². The van der Waals surface area contributed by atoms with Gasteiger partial charge in [-0.25, -0.2) is 4.79 Å². The molecule has 1 N–H and O–H groups in total. The van der Waals surface area contributed by atoms with E-state index in [1.54, 1.807) is 11.8 Å². The highest BCUT2D eigenvalue weighted by atomic mass is 32.2. The Balaban J connectivity index is 1.43. The molecule has 4 saturated heterocycles. The fourth-order valence-electron chi connectivity index (χ4n) is 5.44. The lowest BCUT2D eigenvalue weighted by Crippen LogP contribution is -2.61. The van der Waals surface area contributed by atoms with Gasteiger partial charge < -0.3 is 10.2 Å². The van der Waals surface area contributed by atoms with Crippen molar-refractivity contribution in [1.29, 1.82) is 0 Å². The molecule has 4 fully saturated rings. The first-order chi connectivity index (χ1) is 13.7. The maximum atomic E-state index is 13.3. The molecule has 4 aliphatic heterocycles. The minimum Gasteiger partial charge on any atom is -0.319 e. The van der Waals surface area contributed by atoms with Gasteiger partial charge in [0.25, 0.3) is 0 Å². The van der Waals surface area contributed by atoms with Gasteiger partial charge in [-0.3, -0.25) is 9.88 Å². The lowest BCUT2D eigenvalue weighted by molar-refractivity contribution is 0.00493. The molecule has 1 aromatic carbocycles. The lowest BCUT2D eigenvalue weighted by atomic mass is 9.75. The van der Waals surface area contributed by atoms with Gasteiger partial charge in [-0.05, 0) is 67.9 Å². The Morgan fingerprint density at radius 3 is 2.79 bits per heavy atom. The Kier molecular flexibility index (Phi) is 4.77. The van der Waals surface area contributed by atoms with Crippen LogP contribution in [0.5, 0.6) is 0 Å². The normalized spacial score (nSPS) is 30.9. The van der Waals surface area contributed by atoms with E-state index in [-0.39, 0.29) is 6.03 Å². The molecular weight excluding hydrogens is 368 g/mol. The Hall–Kier alpha value is -2.05. The van der Waals surface area contributed by atoms with Crippen molar-refractivity contribution < 1.29 is 4.79 Å². The van der Waals surface area contributed by atoms with E-state index in [0.717, 1.165) is 30.2 Å². The zero-order valence-electron chi connectivity index (χ0n) is 16.1. The van der Waals surface area contributed by atoms with Gasteiger partial charge in [0.1, 0.15) is 0 Å². The van der Waals surface area contributed by atoms with Crippen molar-refractivity contribution in [2.45, 2.75) is 35.7 Å². The highest BCUT2D eigenvalue weighted by Crippen LogP contribution is 2.46. The second-order valence-corrected chi connectivity index (χ2v) is 8.94. The summed E-state index contributed by atoms with van der Waals surface area (Å²) in [7, 11) is 0. The van der Waals surface area contributed by atoms with E-state index in [1.165, 1.54) is 18.4 Å². The fraction of sp³-hybridized carbons (Fsp3) is 0.455. The third-order valence-electron chi connectivity index (χ3n) is 6.69. The summed E-state index contributed by atoms with van der Waals surface area (Å²) in [4.78, 5) is 23.5. The SMILES string of the molecule is CSc1cccc(NC(=O)N2CC(c3cccnc3)C3C2C2CCN3CC2)c1. The minimum atomic E-state index is 0.0355. The van der Waals surface area contributed by atoms with Crippen LogP contribution in [0.15, 0.2) is 53.7 Å². The number of aromatic nitrogens is 1. The molecule has 5 heterocycles. The fourth-order valence-corrected chi connectivity index (χ4v) is 5.90. The number of urea groups is 1. The molecule has 6 heteroatoms. The van der Waals surface area contributed by atoms with E-state index in [4.69, 9.17) is 0 Å². The number of hydrogen-bond acceptors (Lipinski definition) is 4. The number of pyridine rings is 1. The van der Waals surface area contributed by atoms with Crippen LogP contribution >= 0.6 is 11.8 Å². The van der Waals surface area contributed by atoms with Gasteiger partial charge in [0.2, 0.25) is 0 Å². The van der Waals surface area contributed by atoms with Crippen LogP contribution in [0.2, 0.25) is 0 Å². The van der Waals surface area contributed by atoms with Crippen molar-refractivity contribution in [2.75, 3.05) is 31.2 Å². The number of thioether (sulfide) groups is 1. The van der Waals surface area contributed by atoms with Crippen molar-refractivity contribution in [3.63, 3.8) is 0 Å². The number of nitrogens with one attached hydrogen (secondary N) is 1. The molecule has 0 spiro atoms. The second kappa shape index (κ2) is 7.41. The predicted molar refractivity (Wildman–Crippen MR) is 113 cm³/mol. The van der Waals surface area contributed by atoms with Crippen molar-refractivity contribution >= 4 is 23.5 Å². The van der Waals surface area contributed by atoms with E-state index in [2.05, 4.69) is 38.5 Å². The van der Waals surface area contributed by atoms with E-state index >= 15 is 0 Å². The first-order valence-electron chi connectivity index (χ1n) is 10.1. The number of rotatable bonds is 3. The smallest absolute Gasteiger partial charge is 0.319 e. The van der Waals surface area contributed by atoms with Crippen LogP contribution in [0.1, 0.15) is 24.3 Å². The molecule has 3 unspecified atom stereocenters. The standard InChI is InChI=1S/C22H26N4OS/c1-28-18-6-2-5-17(12-18)24-22(27)26-14-19(16-4-3-9-23-13-16)21-20(26)15-7-10-25(21)11-8-15/h2-6,9,12-13,15,19-21H,7-8,10-11,14H2,1H3,(H,24,27). The zero-order valence-corrected chi connectivity index (χ0v) is 16.9. The summed E-state index contributed by atoms with van der Waals surface area (Å²) >= 11 is 1.69. The summed E-state index contributed by atoms with van der Waals surface area (Å²) in [5, 5.41) is 3.16. The molecule has 3 atom stereocenters. The van der Waals surface area contributed by atoms with Crippen LogP contribution in [0, 0.1) is 5.92 Å². The maximum Gasteiger partial charge on any atom is 0.322 e. The molecular formula is C22H26N4OS. The summed E-state index contributed by atoms with van der Waals surface area (Å²) in [5.41, 5.74) is 2.13. The molecule has 4 aliphatic rings. The van der Waals surface area contributed by atoms with Crippen LogP contribution in [-0.2, 0) is 0 Å². The Labute approximate surface area is 170 Å². The van der Waals surface area contributed by atoms with Gasteiger partial charge in [0.15, 0.2) is 0 Å². The number of piperidine rings is 3. The van der Waals surface area contributed by atoms with Gasteiger partial charge in [-0.1, -0.05) is 12.1 Å². The van der Waals surface area contributed by atoms with Crippen LogP contribution in [0.3, 0.4) is 0 Å². The molecule has 2 aromatic rings. The Morgan fingerprint density at radius 1 is 1.18 bits per heavy atom. The van der Waals surface area contributed by atoms with Gasteiger partial charge in [0.05, 0.1) is 6.04 Å². The number of benzene rings is 1. The number of amides is 2. The molecule has 0 aliphatic carbocycles. The van der Waals surface area contributed by atoms with Crippen molar-refractivity contribution in [3.05, 3.63) is 54.4 Å². The third-order valence-corrected chi connectivity index (χ3v) is 7.41. The average molecular weight is 395 g/mol. The molecule has 5 nitrogen and oxygen atoms in total. The first kappa shape index (κ1) is 18.0. The number of fused-ring (bicyclic) bond motifs is 2. The number of carbonyl (C=O) groups is 1. The molecule has 146 valence electrons. The Bertz CT molecular complexity index is 853. The third kappa shape index (κ3) is 3.08. The molecule has 2 bridgehead atoms. The summed E-state index contributed by atoms with van der Waals surface area (Å²) in [6, 6.07) is 13.0. The summed E-state index contributed by atoms with van der Waals surface area (Å²) in [5.74, 6) is 0.949. The quantitative estimate of drug-likeness (QED) is 0.802. The summed E-state index contributed by atoms with van der Waals surface area (Å²) in [6.07, 6.45) is 8.26. The zero-order chi connectivity index (χ0) is 19.1. The van der Waals surface area contributed by atoms with E-state index in [9.17, 15) is 4.79 Å². The highest BCUT2D eigenvalue weighted by Gasteiger charge is 2.54. The van der Waals surface area contributed by atoms with Crippen LogP contribution in [0.25, 0.3) is 0 Å². The molecule has 0 saturated carbocycles. The highest BCUT2D eigenvalue weighted by molar-refractivity contribution is 7.98. The number of anilines is 1. The topological polar surface area (TPSA) is 48.5 Å². The van der Waals surface area contributed by atoms with Crippen LogP contribution in [-0.4, -0.2) is 58.8 Å². The average Bonchev–Trinajstić information content (AvgIpc) is 3.18. The van der Waals surface area contributed by atoms with Gasteiger partial charge in [-0.15, -0.1) is 11.8 Å². The van der Waals surface area contributed by atoms with Gasteiger partial charge in [-0.2, -0.15) is 0 Å². The molecule has 6 rings (SSSR count). The number of carbonyl (C=O) groups excluding carboxylic acids is 1. The van der Waals surface area contributed by atoms with Crippen LogP contribution < -0.4 is 5.32 Å². The van der Waals surface area contributed by atoms with Crippen LogP contribution in [0.4, 0.5) is 10.5 Å². The second-order valence-electron chi connectivity index (χ2n) is 8.06. The number of likely N-dealkylation sites (tertiary alicyclic amines) is 1. The molecule has 2 amide bonds. The largest absolute Gasteiger partial charge is 0.322 e. The lowest BCUT2D eigenvalue weighted by Gasteiger charge is -2.51. The van der Waals surface area contributed by atoms with Crippen molar-refractivity contribution in [1.82, 2.24) is 14.8 Å². The molecule has 1 aromatic heterocycles. The maximum absolute atomic E-state index is 13.3. The van der Waals surface area contributed by atoms with E-state index < -0.39 is 0 Å².